The van der Waals surface area contributed by atoms with Crippen LogP contribution in [-0.4, -0.2) is 80.7 Å². The van der Waals surface area contributed by atoms with E-state index in [9.17, 15) is 18.0 Å². The standard InChI is InChI=1S/C22H32F3N5O.HI/c1-26-21(27-12-18-7-9-29(14-18)16-22(23,24)25)28-13-19-11-20(31)30(15-19)10-8-17-5-3-2-4-6-17;/h2-6,18-19H,7-16H2,1H3,(H2,26,27,28);1H. The van der Waals surface area contributed by atoms with E-state index < -0.39 is 12.7 Å². The molecule has 2 aliphatic heterocycles. The zero-order valence-corrected chi connectivity index (χ0v) is 20.7. The highest BCUT2D eigenvalue weighted by atomic mass is 127. The fraction of sp³-hybridized carbons (Fsp3) is 0.636. The molecule has 0 spiro atoms. The van der Waals surface area contributed by atoms with Crippen molar-refractivity contribution in [2.45, 2.75) is 25.4 Å². The van der Waals surface area contributed by atoms with Gasteiger partial charge in [0, 0.05) is 52.1 Å². The molecular weight excluding hydrogens is 534 g/mol. The highest BCUT2D eigenvalue weighted by molar-refractivity contribution is 14.0. The summed E-state index contributed by atoms with van der Waals surface area (Å²) in [6.07, 6.45) is -2.03. The summed E-state index contributed by atoms with van der Waals surface area (Å²) in [6.45, 7) is 2.75. The molecule has 2 unspecified atom stereocenters. The van der Waals surface area contributed by atoms with Crippen LogP contribution in [0.1, 0.15) is 18.4 Å². The van der Waals surface area contributed by atoms with E-state index in [1.165, 1.54) is 10.5 Å². The molecule has 1 amide bonds. The number of guanidine groups is 1. The second kappa shape index (κ2) is 12.6. The number of likely N-dealkylation sites (tertiary alicyclic amines) is 2. The predicted molar refractivity (Wildman–Crippen MR) is 130 cm³/mol. The molecule has 2 N–H and O–H groups in total. The van der Waals surface area contributed by atoms with Crippen molar-refractivity contribution in [3.63, 3.8) is 0 Å². The van der Waals surface area contributed by atoms with Gasteiger partial charge in [-0.15, -0.1) is 24.0 Å². The van der Waals surface area contributed by atoms with Gasteiger partial charge in [-0.25, -0.2) is 0 Å². The lowest BCUT2D eigenvalue weighted by atomic mass is 10.1. The first kappa shape index (κ1) is 26.7. The number of alkyl halides is 3. The van der Waals surface area contributed by atoms with E-state index in [0.717, 1.165) is 25.9 Å². The monoisotopic (exact) mass is 567 g/mol. The zero-order valence-electron chi connectivity index (χ0n) is 18.4. The maximum Gasteiger partial charge on any atom is 0.401 e. The summed E-state index contributed by atoms with van der Waals surface area (Å²) in [5.74, 6) is 1.20. The molecular formula is C22H33F3IN5O. The molecule has 2 aliphatic rings. The molecule has 1 aromatic rings. The van der Waals surface area contributed by atoms with Gasteiger partial charge in [0.15, 0.2) is 5.96 Å². The molecule has 2 fully saturated rings. The van der Waals surface area contributed by atoms with Crippen molar-refractivity contribution < 1.29 is 18.0 Å². The van der Waals surface area contributed by atoms with Crippen molar-refractivity contribution in [2.75, 3.05) is 52.9 Å². The highest BCUT2D eigenvalue weighted by Gasteiger charge is 2.34. The molecule has 3 rings (SSSR count). The number of carbonyl (C=O) groups is 1. The van der Waals surface area contributed by atoms with Gasteiger partial charge in [0.05, 0.1) is 6.54 Å². The van der Waals surface area contributed by atoms with Gasteiger partial charge >= 0.3 is 6.18 Å². The minimum Gasteiger partial charge on any atom is -0.356 e. The van der Waals surface area contributed by atoms with Crippen molar-refractivity contribution in [3.8, 4) is 0 Å². The fourth-order valence-electron chi connectivity index (χ4n) is 4.29. The molecule has 1 aromatic carbocycles. The average Bonchev–Trinajstić information content (AvgIpc) is 3.31. The number of halogens is 4. The number of rotatable bonds is 8. The molecule has 180 valence electrons. The first-order valence-electron chi connectivity index (χ1n) is 10.9. The maximum absolute atomic E-state index is 12.5. The smallest absolute Gasteiger partial charge is 0.356 e. The summed E-state index contributed by atoms with van der Waals surface area (Å²) >= 11 is 0. The molecule has 2 atom stereocenters. The van der Waals surface area contributed by atoms with Gasteiger partial charge in [-0.05, 0) is 30.9 Å². The number of amides is 1. The van der Waals surface area contributed by atoms with Gasteiger partial charge in [-0.2, -0.15) is 13.2 Å². The third kappa shape index (κ3) is 8.76. The fourth-order valence-corrected chi connectivity index (χ4v) is 4.29. The SMILES string of the molecule is CN=C(NCC1CCN(CC(F)(F)F)C1)NCC1CC(=O)N(CCc2ccccc2)C1.I. The van der Waals surface area contributed by atoms with E-state index in [0.29, 0.717) is 38.6 Å². The van der Waals surface area contributed by atoms with Gasteiger partial charge in [-0.3, -0.25) is 14.7 Å². The largest absolute Gasteiger partial charge is 0.401 e. The molecule has 32 heavy (non-hydrogen) atoms. The summed E-state index contributed by atoms with van der Waals surface area (Å²) in [7, 11) is 1.67. The third-order valence-corrected chi connectivity index (χ3v) is 5.92. The normalized spacial score (nSPS) is 22.2. The lowest BCUT2D eigenvalue weighted by Crippen LogP contribution is -2.42. The van der Waals surface area contributed by atoms with Crippen molar-refractivity contribution in [1.29, 1.82) is 0 Å². The number of nitrogens with zero attached hydrogens (tertiary/aromatic N) is 3. The maximum atomic E-state index is 12.5. The second-order valence-corrected chi connectivity index (χ2v) is 8.48. The van der Waals surface area contributed by atoms with E-state index >= 15 is 0 Å². The van der Waals surface area contributed by atoms with Crippen LogP contribution in [0.2, 0.25) is 0 Å². The minimum absolute atomic E-state index is 0. The highest BCUT2D eigenvalue weighted by Crippen LogP contribution is 2.22. The molecule has 2 heterocycles. The van der Waals surface area contributed by atoms with Crippen LogP contribution in [0.25, 0.3) is 0 Å². The Hall–Kier alpha value is -1.56. The van der Waals surface area contributed by atoms with Crippen LogP contribution in [0.15, 0.2) is 35.3 Å². The lowest BCUT2D eigenvalue weighted by Gasteiger charge is -2.20. The van der Waals surface area contributed by atoms with Crippen LogP contribution in [-0.2, 0) is 11.2 Å². The van der Waals surface area contributed by atoms with E-state index in [4.69, 9.17) is 0 Å². The van der Waals surface area contributed by atoms with Gasteiger partial charge in [-0.1, -0.05) is 30.3 Å². The Bertz CT molecular complexity index is 747. The Balaban J connectivity index is 0.00000363. The van der Waals surface area contributed by atoms with Crippen molar-refractivity contribution in [3.05, 3.63) is 35.9 Å². The topological polar surface area (TPSA) is 60.0 Å². The van der Waals surface area contributed by atoms with Crippen molar-refractivity contribution in [1.82, 2.24) is 20.4 Å². The summed E-state index contributed by atoms with van der Waals surface area (Å²) in [5.41, 5.74) is 1.22. The Labute approximate surface area is 205 Å². The van der Waals surface area contributed by atoms with Crippen LogP contribution in [0.4, 0.5) is 13.2 Å². The molecule has 6 nitrogen and oxygen atoms in total. The van der Waals surface area contributed by atoms with Gasteiger partial charge in [0.25, 0.3) is 0 Å². The predicted octanol–water partition coefficient (Wildman–Crippen LogP) is 2.74. The average molecular weight is 567 g/mol. The quantitative estimate of drug-likeness (QED) is 0.288. The Kier molecular flexibility index (Phi) is 10.5. The first-order chi connectivity index (χ1) is 14.8. The van der Waals surface area contributed by atoms with Crippen molar-refractivity contribution in [2.24, 2.45) is 16.8 Å². The second-order valence-electron chi connectivity index (χ2n) is 8.48. The Morgan fingerprint density at radius 1 is 1.12 bits per heavy atom. The van der Waals surface area contributed by atoms with Crippen molar-refractivity contribution >= 4 is 35.8 Å². The number of carbonyl (C=O) groups excluding carboxylic acids is 1. The summed E-state index contributed by atoms with van der Waals surface area (Å²) in [4.78, 5) is 19.9. The van der Waals surface area contributed by atoms with Crippen LogP contribution in [0.5, 0.6) is 0 Å². The van der Waals surface area contributed by atoms with E-state index in [-0.39, 0.29) is 41.7 Å². The van der Waals surface area contributed by atoms with Gasteiger partial charge in [0.1, 0.15) is 0 Å². The van der Waals surface area contributed by atoms with Gasteiger partial charge in [0.2, 0.25) is 5.91 Å². The molecule has 2 saturated heterocycles. The number of nitrogens with one attached hydrogen (secondary N) is 2. The van der Waals surface area contributed by atoms with Crippen LogP contribution < -0.4 is 10.6 Å². The third-order valence-electron chi connectivity index (χ3n) is 5.92. The molecule has 0 radical (unpaired) electrons. The van der Waals surface area contributed by atoms with Crippen LogP contribution in [0.3, 0.4) is 0 Å². The minimum atomic E-state index is -4.15. The van der Waals surface area contributed by atoms with Gasteiger partial charge < -0.3 is 15.5 Å². The summed E-state index contributed by atoms with van der Waals surface area (Å²) in [6, 6.07) is 10.1. The molecule has 0 aliphatic carbocycles. The van der Waals surface area contributed by atoms with E-state index in [1.807, 2.05) is 23.1 Å². The zero-order chi connectivity index (χ0) is 22.3. The lowest BCUT2D eigenvalue weighted by molar-refractivity contribution is -0.143. The Morgan fingerprint density at radius 3 is 2.47 bits per heavy atom. The molecule has 0 aromatic heterocycles. The first-order valence-corrected chi connectivity index (χ1v) is 10.9. The van der Waals surface area contributed by atoms with Crippen LogP contribution in [0, 0.1) is 11.8 Å². The number of hydrogen-bond acceptors (Lipinski definition) is 3. The number of aliphatic imine (C=N–C) groups is 1. The molecule has 10 heteroatoms. The number of hydrogen-bond donors (Lipinski definition) is 2. The van der Waals surface area contributed by atoms with E-state index in [2.05, 4.69) is 27.8 Å². The Morgan fingerprint density at radius 2 is 1.81 bits per heavy atom. The molecule has 0 bridgehead atoms. The van der Waals surface area contributed by atoms with E-state index in [1.54, 1.807) is 7.05 Å². The van der Waals surface area contributed by atoms with Crippen LogP contribution >= 0.6 is 24.0 Å². The number of benzene rings is 1. The molecule has 0 saturated carbocycles. The summed E-state index contributed by atoms with van der Waals surface area (Å²) < 4.78 is 37.6. The summed E-state index contributed by atoms with van der Waals surface area (Å²) in [5, 5.41) is 6.49.